The number of rotatable bonds is 18. The Kier molecular flexibility index (Phi) is 13.1. The molecule has 0 aromatic rings. The second-order valence-corrected chi connectivity index (χ2v) is 11.7. The summed E-state index contributed by atoms with van der Waals surface area (Å²) in [7, 11) is 0. The molecule has 0 aromatic carbocycles. The number of aliphatic hydroxyl groups is 2. The van der Waals surface area contributed by atoms with Crippen LogP contribution in [0.5, 0.6) is 0 Å². The molecule has 2 atom stereocenters. The van der Waals surface area contributed by atoms with Crippen molar-refractivity contribution < 1.29 is 43.8 Å². The molecule has 1 saturated carbocycles. The fourth-order valence-electron chi connectivity index (χ4n) is 5.29. The van der Waals surface area contributed by atoms with Gasteiger partial charge in [0.1, 0.15) is 6.23 Å². The molecule has 2 unspecified atom stereocenters. The average molecular weight is 608 g/mol. The number of carbonyl (C=O) groups excluding carboxylic acids is 6. The number of unbranched alkanes of at least 4 members (excludes halogenated alkanes) is 2. The Labute approximate surface area is 251 Å². The summed E-state index contributed by atoms with van der Waals surface area (Å²) in [5, 5.41) is 29.2. The highest BCUT2D eigenvalue weighted by Crippen LogP contribution is 2.35. The molecular formula is C29H45N5O9. The van der Waals surface area contributed by atoms with Crippen LogP contribution in [-0.4, -0.2) is 93.8 Å². The first kappa shape index (κ1) is 34.1. The Bertz CT molecular complexity index is 1040. The molecule has 2 aliphatic heterocycles. The average Bonchev–Trinajstić information content (AvgIpc) is 3.39. The van der Waals surface area contributed by atoms with Crippen molar-refractivity contribution in [1.29, 1.82) is 0 Å². The third-order valence-electron chi connectivity index (χ3n) is 7.93. The van der Waals surface area contributed by atoms with Gasteiger partial charge in [0.2, 0.25) is 17.7 Å². The Hall–Kier alpha value is -3.36. The Morgan fingerprint density at radius 3 is 2.07 bits per heavy atom. The standard InChI is InChI=1S/C29H45N5O9/c1-29(42)13-12-26(39)34(29)43-27(40)9-6-16-31-23(36)8-5-15-30-22(35)7-3-2-4-14-32-28(41)21-17-20(18-21)19-33-24(37)10-11-25(33)38/h10-11,20-21,26,39,42H,2-9,12-19H2,1H3,(H,30,35)(H,31,36)(H,32,41). The van der Waals surface area contributed by atoms with Crippen molar-refractivity contribution in [2.45, 2.75) is 95.9 Å². The van der Waals surface area contributed by atoms with Gasteiger partial charge >= 0.3 is 5.97 Å². The highest BCUT2D eigenvalue weighted by atomic mass is 16.7. The molecule has 2 fully saturated rings. The van der Waals surface area contributed by atoms with Gasteiger partial charge in [-0.2, -0.15) is 0 Å². The number of aliphatic hydroxyl groups excluding tert-OH is 1. The molecule has 43 heavy (non-hydrogen) atoms. The van der Waals surface area contributed by atoms with Crippen molar-refractivity contribution in [2.24, 2.45) is 11.8 Å². The first-order valence-electron chi connectivity index (χ1n) is 15.2. The number of hydroxylamine groups is 2. The van der Waals surface area contributed by atoms with Crippen LogP contribution < -0.4 is 16.0 Å². The van der Waals surface area contributed by atoms with Crippen LogP contribution in [0.25, 0.3) is 0 Å². The molecule has 5 amide bonds. The van der Waals surface area contributed by atoms with Crippen LogP contribution in [0.3, 0.4) is 0 Å². The lowest BCUT2D eigenvalue weighted by molar-refractivity contribution is -0.295. The smallest absolute Gasteiger partial charge is 0.325 e. The van der Waals surface area contributed by atoms with Gasteiger partial charge in [-0.3, -0.25) is 33.7 Å². The van der Waals surface area contributed by atoms with Gasteiger partial charge in [-0.1, -0.05) is 11.5 Å². The summed E-state index contributed by atoms with van der Waals surface area (Å²) in [5.41, 5.74) is -1.40. The van der Waals surface area contributed by atoms with Crippen molar-refractivity contribution in [1.82, 2.24) is 25.9 Å². The first-order valence-corrected chi connectivity index (χ1v) is 15.2. The summed E-state index contributed by atoms with van der Waals surface area (Å²) in [6, 6.07) is 0. The van der Waals surface area contributed by atoms with Crippen LogP contribution in [0.15, 0.2) is 12.2 Å². The third-order valence-corrected chi connectivity index (χ3v) is 7.93. The maximum Gasteiger partial charge on any atom is 0.325 e. The van der Waals surface area contributed by atoms with E-state index in [4.69, 9.17) is 4.84 Å². The molecule has 5 N–H and O–H groups in total. The molecule has 0 bridgehead atoms. The van der Waals surface area contributed by atoms with E-state index < -0.39 is 17.9 Å². The Balaban J connectivity index is 1.09. The highest BCUT2D eigenvalue weighted by Gasteiger charge is 2.44. The third kappa shape index (κ3) is 11.0. The number of nitrogens with zero attached hydrogens (tertiary/aromatic N) is 2. The molecule has 2 heterocycles. The molecule has 0 radical (unpaired) electrons. The molecular weight excluding hydrogens is 562 g/mol. The molecule has 1 saturated heterocycles. The zero-order valence-electron chi connectivity index (χ0n) is 24.8. The number of hydrogen-bond acceptors (Lipinski definition) is 10. The Morgan fingerprint density at radius 1 is 0.884 bits per heavy atom. The maximum absolute atomic E-state index is 12.3. The van der Waals surface area contributed by atoms with E-state index in [1.807, 2.05) is 0 Å². The minimum Gasteiger partial charge on any atom is -0.375 e. The van der Waals surface area contributed by atoms with Crippen LogP contribution in [0.4, 0.5) is 0 Å². The summed E-state index contributed by atoms with van der Waals surface area (Å²) in [6.07, 6.45) is 7.12. The lowest BCUT2D eigenvalue weighted by Crippen LogP contribution is -2.46. The first-order chi connectivity index (χ1) is 20.5. The SMILES string of the molecule is CC1(O)CCC(O)N1OC(=O)CCCNC(=O)CCCNC(=O)CCCCCNC(=O)C1CC(CN2C(=O)C=CC2=O)C1. The van der Waals surface area contributed by atoms with Gasteiger partial charge in [0.05, 0.1) is 0 Å². The lowest BCUT2D eigenvalue weighted by Gasteiger charge is -2.36. The number of nitrogens with one attached hydrogen (secondary N) is 3. The van der Waals surface area contributed by atoms with E-state index in [0.29, 0.717) is 64.6 Å². The van der Waals surface area contributed by atoms with E-state index in [-0.39, 0.29) is 67.2 Å². The molecule has 240 valence electrons. The van der Waals surface area contributed by atoms with Crippen LogP contribution in [0, 0.1) is 11.8 Å². The van der Waals surface area contributed by atoms with Gasteiger partial charge in [0.15, 0.2) is 5.72 Å². The molecule has 0 spiro atoms. The van der Waals surface area contributed by atoms with Crippen LogP contribution >= 0.6 is 0 Å². The molecule has 1 aliphatic carbocycles. The number of imide groups is 1. The van der Waals surface area contributed by atoms with Crippen molar-refractivity contribution in [3.63, 3.8) is 0 Å². The fraction of sp³-hybridized carbons (Fsp3) is 0.724. The van der Waals surface area contributed by atoms with Crippen LogP contribution in [0.1, 0.15) is 84.0 Å². The predicted molar refractivity (Wildman–Crippen MR) is 152 cm³/mol. The number of carbonyl (C=O) groups is 6. The Morgan fingerprint density at radius 2 is 1.47 bits per heavy atom. The van der Waals surface area contributed by atoms with E-state index in [2.05, 4.69) is 16.0 Å². The zero-order chi connectivity index (χ0) is 31.4. The van der Waals surface area contributed by atoms with Gasteiger partial charge in [0, 0.05) is 63.5 Å². The van der Waals surface area contributed by atoms with Crippen LogP contribution in [-0.2, 0) is 33.6 Å². The van der Waals surface area contributed by atoms with Gasteiger partial charge in [-0.25, -0.2) is 0 Å². The monoisotopic (exact) mass is 607 g/mol. The van der Waals surface area contributed by atoms with Crippen molar-refractivity contribution in [3.05, 3.63) is 12.2 Å². The quantitative estimate of drug-likeness (QED) is 0.104. The summed E-state index contributed by atoms with van der Waals surface area (Å²) in [4.78, 5) is 77.7. The largest absolute Gasteiger partial charge is 0.375 e. The second-order valence-electron chi connectivity index (χ2n) is 11.7. The topological polar surface area (TPSA) is 195 Å². The molecule has 3 rings (SSSR count). The summed E-state index contributed by atoms with van der Waals surface area (Å²) in [5.74, 6) is -1.39. The van der Waals surface area contributed by atoms with Crippen LogP contribution in [0.2, 0.25) is 0 Å². The normalized spacial score (nSPS) is 25.0. The van der Waals surface area contributed by atoms with Crippen molar-refractivity contribution in [2.75, 3.05) is 26.2 Å². The number of hydrogen-bond donors (Lipinski definition) is 5. The van der Waals surface area contributed by atoms with E-state index in [9.17, 15) is 39.0 Å². The number of amides is 5. The summed E-state index contributed by atoms with van der Waals surface area (Å²) >= 11 is 0. The van der Waals surface area contributed by atoms with Gasteiger partial charge in [-0.05, 0) is 64.2 Å². The van der Waals surface area contributed by atoms with Crippen molar-refractivity contribution >= 4 is 35.5 Å². The molecule has 14 nitrogen and oxygen atoms in total. The van der Waals surface area contributed by atoms with Gasteiger partial charge in [-0.15, -0.1) is 0 Å². The van der Waals surface area contributed by atoms with Crippen molar-refractivity contribution in [3.8, 4) is 0 Å². The molecule has 14 heteroatoms. The van der Waals surface area contributed by atoms with E-state index >= 15 is 0 Å². The van der Waals surface area contributed by atoms with Gasteiger partial charge in [0.25, 0.3) is 11.8 Å². The van der Waals surface area contributed by atoms with Gasteiger partial charge < -0.3 is 31.0 Å². The maximum atomic E-state index is 12.3. The van der Waals surface area contributed by atoms with E-state index in [0.717, 1.165) is 17.9 Å². The lowest BCUT2D eigenvalue weighted by atomic mass is 9.74. The minimum absolute atomic E-state index is 0.00815. The second kappa shape index (κ2) is 16.5. The van der Waals surface area contributed by atoms with E-state index in [1.54, 1.807) is 0 Å². The highest BCUT2D eigenvalue weighted by molar-refractivity contribution is 6.12. The zero-order valence-corrected chi connectivity index (χ0v) is 24.8. The molecule has 3 aliphatic rings. The predicted octanol–water partition coefficient (Wildman–Crippen LogP) is -0.0121. The summed E-state index contributed by atoms with van der Waals surface area (Å²) < 4.78 is 0. The summed E-state index contributed by atoms with van der Waals surface area (Å²) in [6.45, 7) is 3.02. The van der Waals surface area contributed by atoms with E-state index in [1.165, 1.54) is 24.0 Å². The minimum atomic E-state index is -1.40. The molecule has 0 aromatic heterocycles. The fourth-order valence-corrected chi connectivity index (χ4v) is 5.29.